The number of rotatable bonds is 2. The monoisotopic (exact) mass is 325 g/mol. The maximum absolute atomic E-state index is 14.0. The van der Waals surface area contributed by atoms with Crippen molar-refractivity contribution in [1.29, 1.82) is 0 Å². The van der Waals surface area contributed by atoms with Crippen LogP contribution in [0.4, 0.5) is 4.39 Å². The SMILES string of the molecule is CC(=O)/N=c1\c(F)cn(S(=O)(=O)c2ccccc2)c(=O)n1C. The smallest absolute Gasteiger partial charge is 0.278 e. The van der Waals surface area contributed by atoms with Gasteiger partial charge in [0.15, 0.2) is 11.3 Å². The molecule has 0 fully saturated rings. The Kier molecular flexibility index (Phi) is 4.09. The van der Waals surface area contributed by atoms with Gasteiger partial charge in [-0.2, -0.15) is 8.96 Å². The number of carbonyl (C=O) groups is 1. The largest absolute Gasteiger partial charge is 0.343 e. The molecule has 7 nitrogen and oxygen atoms in total. The van der Waals surface area contributed by atoms with Gasteiger partial charge in [-0.1, -0.05) is 18.2 Å². The Labute approximate surface area is 125 Å². The van der Waals surface area contributed by atoms with Gasteiger partial charge in [-0.15, -0.1) is 0 Å². The van der Waals surface area contributed by atoms with E-state index in [2.05, 4.69) is 4.99 Å². The summed E-state index contributed by atoms with van der Waals surface area (Å²) in [5.74, 6) is -1.81. The third-order valence-electron chi connectivity index (χ3n) is 2.80. The molecule has 1 amide bonds. The van der Waals surface area contributed by atoms with Gasteiger partial charge in [0, 0.05) is 14.0 Å². The highest BCUT2D eigenvalue weighted by Crippen LogP contribution is 2.10. The van der Waals surface area contributed by atoms with Crippen LogP contribution in [0.2, 0.25) is 0 Å². The predicted molar refractivity (Wildman–Crippen MR) is 74.9 cm³/mol. The molecule has 0 aliphatic rings. The molecule has 116 valence electrons. The molecule has 1 aromatic carbocycles. The first-order valence-corrected chi connectivity index (χ1v) is 7.53. The highest BCUT2D eigenvalue weighted by Gasteiger charge is 2.21. The normalized spacial score (nSPS) is 12.4. The molecule has 0 bridgehead atoms. The fourth-order valence-corrected chi connectivity index (χ4v) is 3.06. The van der Waals surface area contributed by atoms with Gasteiger partial charge in [0.2, 0.25) is 5.91 Å². The minimum atomic E-state index is -4.24. The van der Waals surface area contributed by atoms with Crippen LogP contribution in [0.3, 0.4) is 0 Å². The first-order valence-electron chi connectivity index (χ1n) is 6.09. The molecule has 0 saturated heterocycles. The summed E-state index contributed by atoms with van der Waals surface area (Å²) in [6.45, 7) is 1.09. The van der Waals surface area contributed by atoms with Crippen LogP contribution in [-0.4, -0.2) is 22.9 Å². The second kappa shape index (κ2) is 5.68. The van der Waals surface area contributed by atoms with E-state index in [1.54, 1.807) is 6.07 Å². The van der Waals surface area contributed by atoms with Crippen molar-refractivity contribution in [2.24, 2.45) is 12.0 Å². The molecule has 0 radical (unpaired) electrons. The van der Waals surface area contributed by atoms with Gasteiger partial charge >= 0.3 is 5.69 Å². The summed E-state index contributed by atoms with van der Waals surface area (Å²) in [7, 11) is -3.11. The van der Waals surface area contributed by atoms with E-state index in [9.17, 15) is 22.4 Å². The van der Waals surface area contributed by atoms with Crippen LogP contribution in [0, 0.1) is 5.82 Å². The number of amides is 1. The summed E-state index contributed by atoms with van der Waals surface area (Å²) >= 11 is 0. The van der Waals surface area contributed by atoms with Gasteiger partial charge in [-0.3, -0.25) is 9.36 Å². The average molecular weight is 325 g/mol. The lowest BCUT2D eigenvalue weighted by molar-refractivity contribution is -0.116. The second-order valence-electron chi connectivity index (χ2n) is 4.39. The Morgan fingerprint density at radius 3 is 2.36 bits per heavy atom. The molecule has 0 atom stereocenters. The number of carbonyl (C=O) groups excluding carboxylic acids is 1. The van der Waals surface area contributed by atoms with Crippen molar-refractivity contribution < 1.29 is 17.6 Å². The summed E-state index contributed by atoms with van der Waals surface area (Å²) < 4.78 is 39.7. The Bertz CT molecular complexity index is 959. The van der Waals surface area contributed by atoms with Crippen LogP contribution in [0.25, 0.3) is 0 Å². The Hall–Kier alpha value is -2.55. The van der Waals surface area contributed by atoms with Crippen molar-refractivity contribution in [3.8, 4) is 0 Å². The van der Waals surface area contributed by atoms with Gasteiger partial charge in [-0.25, -0.2) is 17.6 Å². The van der Waals surface area contributed by atoms with Gasteiger partial charge in [0.25, 0.3) is 10.0 Å². The molecule has 2 aromatic rings. The topological polar surface area (TPSA) is 90.5 Å². The van der Waals surface area contributed by atoms with E-state index in [1.807, 2.05) is 0 Å². The third-order valence-corrected chi connectivity index (χ3v) is 4.45. The maximum atomic E-state index is 14.0. The zero-order valence-electron chi connectivity index (χ0n) is 11.7. The van der Waals surface area contributed by atoms with E-state index in [0.717, 1.165) is 14.0 Å². The van der Waals surface area contributed by atoms with Gasteiger partial charge in [0.1, 0.15) is 0 Å². The first kappa shape index (κ1) is 15.8. The summed E-state index contributed by atoms with van der Waals surface area (Å²) in [5.41, 5.74) is -1.57. The van der Waals surface area contributed by atoms with E-state index in [-0.39, 0.29) is 8.87 Å². The summed E-state index contributed by atoms with van der Waals surface area (Å²) in [6.07, 6.45) is 0.506. The number of aromatic nitrogens is 2. The van der Waals surface area contributed by atoms with Crippen molar-refractivity contribution in [3.63, 3.8) is 0 Å². The molecule has 1 heterocycles. The molecule has 0 N–H and O–H groups in total. The molecule has 2 rings (SSSR count). The highest BCUT2D eigenvalue weighted by molar-refractivity contribution is 7.90. The summed E-state index contributed by atoms with van der Waals surface area (Å²) in [4.78, 5) is 26.3. The quantitative estimate of drug-likeness (QED) is 0.778. The van der Waals surface area contributed by atoms with Crippen molar-refractivity contribution in [2.75, 3.05) is 0 Å². The zero-order valence-corrected chi connectivity index (χ0v) is 12.5. The van der Waals surface area contributed by atoms with E-state index >= 15 is 0 Å². The highest BCUT2D eigenvalue weighted by atomic mass is 32.2. The van der Waals surface area contributed by atoms with Gasteiger partial charge < -0.3 is 0 Å². The van der Waals surface area contributed by atoms with E-state index < -0.39 is 32.9 Å². The summed E-state index contributed by atoms with van der Waals surface area (Å²) in [5, 5.41) is 0. The average Bonchev–Trinajstić information content (AvgIpc) is 2.48. The van der Waals surface area contributed by atoms with E-state index in [1.165, 1.54) is 24.3 Å². The Morgan fingerprint density at radius 2 is 1.82 bits per heavy atom. The van der Waals surface area contributed by atoms with E-state index in [0.29, 0.717) is 10.8 Å². The zero-order chi connectivity index (χ0) is 16.5. The third kappa shape index (κ3) is 2.75. The van der Waals surface area contributed by atoms with Crippen molar-refractivity contribution >= 4 is 15.9 Å². The van der Waals surface area contributed by atoms with Crippen molar-refractivity contribution in [3.05, 3.63) is 58.3 Å². The maximum Gasteiger partial charge on any atom is 0.343 e. The second-order valence-corrected chi connectivity index (χ2v) is 6.20. The lowest BCUT2D eigenvalue weighted by Crippen LogP contribution is -2.42. The molecule has 1 aromatic heterocycles. The van der Waals surface area contributed by atoms with Crippen LogP contribution < -0.4 is 11.2 Å². The first-order chi connectivity index (χ1) is 10.2. The lowest BCUT2D eigenvalue weighted by Gasteiger charge is -2.10. The van der Waals surface area contributed by atoms with Crippen LogP contribution in [0.15, 0.2) is 51.2 Å². The Morgan fingerprint density at radius 1 is 1.23 bits per heavy atom. The number of hydrogen-bond acceptors (Lipinski definition) is 4. The fraction of sp³-hybridized carbons (Fsp3) is 0.154. The predicted octanol–water partition coefficient (Wildman–Crippen LogP) is 0.0101. The van der Waals surface area contributed by atoms with Crippen molar-refractivity contribution in [2.45, 2.75) is 11.8 Å². The number of halogens is 1. The molecule has 0 aliphatic heterocycles. The number of benzene rings is 1. The molecule has 0 unspecified atom stereocenters. The number of hydrogen-bond donors (Lipinski definition) is 0. The minimum Gasteiger partial charge on any atom is -0.278 e. The molecule has 22 heavy (non-hydrogen) atoms. The standard InChI is InChI=1S/C13H12FN3O4S/c1-9(18)15-12-11(14)8-17(13(19)16(12)2)22(20,21)10-6-4-3-5-7-10/h3-8H,1-2H3/b15-12+. The van der Waals surface area contributed by atoms with Crippen molar-refractivity contribution in [1.82, 2.24) is 8.54 Å². The van der Waals surface area contributed by atoms with Crippen LogP contribution >= 0.6 is 0 Å². The summed E-state index contributed by atoms with van der Waals surface area (Å²) in [6, 6.07) is 7.14. The van der Waals surface area contributed by atoms with Crippen LogP contribution in [0.1, 0.15) is 6.92 Å². The fourth-order valence-electron chi connectivity index (χ4n) is 1.77. The van der Waals surface area contributed by atoms with Crippen LogP contribution in [-0.2, 0) is 21.9 Å². The van der Waals surface area contributed by atoms with Gasteiger partial charge in [-0.05, 0) is 12.1 Å². The Balaban J connectivity index is 2.81. The minimum absolute atomic E-state index is 0.159. The molecular weight excluding hydrogens is 313 g/mol. The lowest BCUT2D eigenvalue weighted by atomic mass is 10.4. The molecule has 0 saturated carbocycles. The molecule has 0 aliphatic carbocycles. The number of nitrogens with zero attached hydrogens (tertiary/aromatic N) is 3. The van der Waals surface area contributed by atoms with E-state index in [4.69, 9.17) is 0 Å². The van der Waals surface area contributed by atoms with Crippen LogP contribution in [0.5, 0.6) is 0 Å². The van der Waals surface area contributed by atoms with Gasteiger partial charge in [0.05, 0.1) is 11.1 Å². The molecule has 9 heteroatoms. The molecular formula is C13H12FN3O4S. The molecule has 0 spiro atoms.